The van der Waals surface area contributed by atoms with Crippen LogP contribution in [0.3, 0.4) is 0 Å². The van der Waals surface area contributed by atoms with Crippen molar-refractivity contribution in [3.63, 3.8) is 0 Å². The first kappa shape index (κ1) is 10.5. The summed E-state index contributed by atoms with van der Waals surface area (Å²) in [6.07, 6.45) is 5.60. The van der Waals surface area contributed by atoms with E-state index in [0.29, 0.717) is 0 Å². The lowest BCUT2D eigenvalue weighted by molar-refractivity contribution is 1.31. The van der Waals surface area contributed by atoms with Gasteiger partial charge in [-0.05, 0) is 41.7 Å². The number of aryl methyl sites for hydroxylation is 1. The maximum Gasteiger partial charge on any atom is -0.0115 e. The Hall–Kier alpha value is -1.56. The van der Waals surface area contributed by atoms with Gasteiger partial charge in [-0.1, -0.05) is 44.0 Å². The minimum atomic E-state index is 1.12. The highest BCUT2D eigenvalue weighted by Gasteiger charge is 2.06. The summed E-state index contributed by atoms with van der Waals surface area (Å²) >= 11 is 0. The minimum Gasteiger partial charge on any atom is -0.0984 e. The van der Waals surface area contributed by atoms with Gasteiger partial charge in [0.25, 0.3) is 0 Å². The van der Waals surface area contributed by atoms with Crippen molar-refractivity contribution in [1.29, 1.82) is 0 Å². The molecule has 0 amide bonds. The van der Waals surface area contributed by atoms with Crippen LogP contribution in [0.4, 0.5) is 0 Å². The molecule has 0 bridgehead atoms. The molecule has 0 saturated carbocycles. The molecule has 0 aliphatic rings. The topological polar surface area (TPSA) is 0 Å². The molecule has 0 N–H and O–H groups in total. The van der Waals surface area contributed by atoms with E-state index in [1.165, 1.54) is 11.1 Å². The molecule has 0 nitrogen and oxygen atoms in total. The van der Waals surface area contributed by atoms with Gasteiger partial charge in [-0.2, -0.15) is 0 Å². The normalized spacial score (nSPS) is 9.57. The highest BCUT2D eigenvalue weighted by Crippen LogP contribution is 2.25. The van der Waals surface area contributed by atoms with E-state index < -0.39 is 0 Å². The fourth-order valence-electron chi connectivity index (χ4n) is 1.65. The van der Waals surface area contributed by atoms with Gasteiger partial charge in [-0.25, -0.2) is 0 Å². The SMILES string of the molecule is C=Cc1cc(C)c(C)c(C=C)c1C=C. The maximum atomic E-state index is 3.83. The molecule has 0 heteroatoms. The Morgan fingerprint density at radius 3 is 1.93 bits per heavy atom. The molecular weight excluding hydrogens is 168 g/mol. The second-order valence-electron chi connectivity index (χ2n) is 3.35. The minimum absolute atomic E-state index is 1.12. The van der Waals surface area contributed by atoms with E-state index in [-0.39, 0.29) is 0 Å². The summed E-state index contributed by atoms with van der Waals surface area (Å²) in [6, 6.07) is 2.13. The molecule has 0 unspecified atom stereocenters. The molecule has 0 aromatic heterocycles. The van der Waals surface area contributed by atoms with Crippen LogP contribution in [0.15, 0.2) is 25.8 Å². The van der Waals surface area contributed by atoms with Gasteiger partial charge >= 0.3 is 0 Å². The first-order chi connectivity index (χ1) is 6.65. The fourth-order valence-corrected chi connectivity index (χ4v) is 1.65. The molecule has 1 aromatic carbocycles. The van der Waals surface area contributed by atoms with E-state index in [1.54, 1.807) is 0 Å². The monoisotopic (exact) mass is 184 g/mol. The van der Waals surface area contributed by atoms with Crippen molar-refractivity contribution in [2.75, 3.05) is 0 Å². The van der Waals surface area contributed by atoms with Gasteiger partial charge in [0.1, 0.15) is 0 Å². The summed E-state index contributed by atoms with van der Waals surface area (Å²) in [4.78, 5) is 0. The van der Waals surface area contributed by atoms with E-state index >= 15 is 0 Å². The van der Waals surface area contributed by atoms with Crippen molar-refractivity contribution in [1.82, 2.24) is 0 Å². The van der Waals surface area contributed by atoms with Gasteiger partial charge in [-0.3, -0.25) is 0 Å². The molecule has 0 heterocycles. The van der Waals surface area contributed by atoms with Crippen LogP contribution in [0.5, 0.6) is 0 Å². The van der Waals surface area contributed by atoms with Crippen LogP contribution in [0.25, 0.3) is 18.2 Å². The molecule has 0 radical (unpaired) electrons. The molecule has 0 fully saturated rings. The molecule has 14 heavy (non-hydrogen) atoms. The number of hydrogen-bond acceptors (Lipinski definition) is 0. The molecule has 0 aliphatic carbocycles. The van der Waals surface area contributed by atoms with Crippen LogP contribution in [-0.4, -0.2) is 0 Å². The van der Waals surface area contributed by atoms with E-state index in [4.69, 9.17) is 0 Å². The Labute approximate surface area is 86.3 Å². The Morgan fingerprint density at radius 1 is 0.929 bits per heavy atom. The first-order valence-corrected chi connectivity index (χ1v) is 4.67. The second-order valence-corrected chi connectivity index (χ2v) is 3.35. The maximum absolute atomic E-state index is 3.83. The van der Waals surface area contributed by atoms with E-state index in [1.807, 2.05) is 18.2 Å². The zero-order chi connectivity index (χ0) is 10.7. The smallest absolute Gasteiger partial charge is 0.0115 e. The average Bonchev–Trinajstić information content (AvgIpc) is 2.20. The Balaban J connectivity index is 3.66. The fraction of sp³-hybridized carbons (Fsp3) is 0.143. The van der Waals surface area contributed by atoms with Gasteiger partial charge < -0.3 is 0 Å². The third kappa shape index (κ3) is 1.56. The third-order valence-electron chi connectivity index (χ3n) is 2.60. The highest BCUT2D eigenvalue weighted by atomic mass is 14.1. The quantitative estimate of drug-likeness (QED) is 0.659. The first-order valence-electron chi connectivity index (χ1n) is 4.67. The van der Waals surface area contributed by atoms with E-state index in [2.05, 4.69) is 39.7 Å². The van der Waals surface area contributed by atoms with E-state index in [9.17, 15) is 0 Å². The summed E-state index contributed by atoms with van der Waals surface area (Å²) in [5.74, 6) is 0. The van der Waals surface area contributed by atoms with Crippen molar-refractivity contribution < 1.29 is 0 Å². The molecule has 1 aromatic rings. The van der Waals surface area contributed by atoms with Crippen LogP contribution < -0.4 is 0 Å². The Morgan fingerprint density at radius 2 is 1.50 bits per heavy atom. The van der Waals surface area contributed by atoms with Crippen LogP contribution >= 0.6 is 0 Å². The lowest BCUT2D eigenvalue weighted by atomic mass is 9.93. The van der Waals surface area contributed by atoms with Gasteiger partial charge in [0, 0.05) is 0 Å². The zero-order valence-corrected chi connectivity index (χ0v) is 8.93. The molecular formula is C14H16. The van der Waals surface area contributed by atoms with Crippen molar-refractivity contribution >= 4 is 18.2 Å². The van der Waals surface area contributed by atoms with Gasteiger partial charge in [0.05, 0.1) is 0 Å². The van der Waals surface area contributed by atoms with Crippen molar-refractivity contribution in [2.24, 2.45) is 0 Å². The largest absolute Gasteiger partial charge is 0.0984 e. The average molecular weight is 184 g/mol. The Bertz CT molecular complexity index is 395. The lowest BCUT2D eigenvalue weighted by Gasteiger charge is -2.12. The summed E-state index contributed by atoms with van der Waals surface area (Å²) in [5, 5.41) is 0. The molecule has 1 rings (SSSR count). The standard InChI is InChI=1S/C14H16/c1-6-12-9-10(4)11(5)13(7-2)14(12)8-3/h6-9H,1-3H2,4-5H3. The lowest BCUT2D eigenvalue weighted by Crippen LogP contribution is -1.93. The number of benzene rings is 1. The molecule has 0 aliphatic heterocycles. The summed E-state index contributed by atoms with van der Waals surface area (Å²) < 4.78 is 0. The van der Waals surface area contributed by atoms with Crippen LogP contribution in [0, 0.1) is 13.8 Å². The molecule has 0 atom stereocenters. The van der Waals surface area contributed by atoms with Crippen LogP contribution in [0.2, 0.25) is 0 Å². The van der Waals surface area contributed by atoms with Crippen molar-refractivity contribution in [2.45, 2.75) is 13.8 Å². The predicted octanol–water partition coefficient (Wildman–Crippen LogP) is 4.23. The van der Waals surface area contributed by atoms with Crippen LogP contribution in [-0.2, 0) is 0 Å². The predicted molar refractivity (Wildman–Crippen MR) is 66.2 cm³/mol. The Kier molecular flexibility index (Phi) is 3.08. The summed E-state index contributed by atoms with van der Waals surface area (Å²) in [7, 11) is 0. The number of rotatable bonds is 3. The van der Waals surface area contributed by atoms with Crippen molar-refractivity contribution in [3.8, 4) is 0 Å². The van der Waals surface area contributed by atoms with E-state index in [0.717, 1.165) is 16.7 Å². The van der Waals surface area contributed by atoms with Gasteiger partial charge in [0.15, 0.2) is 0 Å². The molecule has 0 saturated heterocycles. The number of hydrogen-bond donors (Lipinski definition) is 0. The van der Waals surface area contributed by atoms with Crippen LogP contribution in [0.1, 0.15) is 27.8 Å². The second kappa shape index (κ2) is 4.10. The molecule has 72 valence electrons. The highest BCUT2D eigenvalue weighted by molar-refractivity contribution is 5.75. The van der Waals surface area contributed by atoms with Crippen molar-refractivity contribution in [3.05, 3.63) is 53.6 Å². The van der Waals surface area contributed by atoms with Gasteiger partial charge in [-0.15, -0.1) is 0 Å². The van der Waals surface area contributed by atoms with Gasteiger partial charge in [0.2, 0.25) is 0 Å². The third-order valence-corrected chi connectivity index (χ3v) is 2.60. The summed E-state index contributed by atoms with van der Waals surface area (Å²) in [6.45, 7) is 15.7. The zero-order valence-electron chi connectivity index (χ0n) is 8.93. The molecule has 0 spiro atoms. The summed E-state index contributed by atoms with van der Waals surface area (Å²) in [5.41, 5.74) is 5.94.